The normalized spacial score (nSPS) is 10.3. The summed E-state index contributed by atoms with van der Waals surface area (Å²) in [5.41, 5.74) is 4.89. The van der Waals surface area contributed by atoms with Crippen LogP contribution in [0.4, 0.5) is 11.4 Å². The third-order valence-corrected chi connectivity index (χ3v) is 2.94. The highest BCUT2D eigenvalue weighted by molar-refractivity contribution is 5.90. The van der Waals surface area contributed by atoms with E-state index in [4.69, 9.17) is 0 Å². The molecule has 7 nitrogen and oxygen atoms in total. The Morgan fingerprint density at radius 1 is 0.826 bits per heavy atom. The number of hydrogen-bond donors (Lipinski definition) is 1. The van der Waals surface area contributed by atoms with Gasteiger partial charge in [-0.25, -0.2) is 9.59 Å². The standard InChI is InChI=1S/C16H15N3O4/c1-22-15(20)11-3-7-13(8-4-11)17-19-18-14-9-5-12(6-10-14)16(21)23-2/h3-10H,1-2H3,(H,17,18). The van der Waals surface area contributed by atoms with E-state index in [1.807, 2.05) is 0 Å². The largest absolute Gasteiger partial charge is 0.465 e. The maximum atomic E-state index is 11.3. The molecule has 0 heterocycles. The zero-order valence-electron chi connectivity index (χ0n) is 12.6. The summed E-state index contributed by atoms with van der Waals surface area (Å²) >= 11 is 0. The number of methoxy groups -OCH3 is 2. The number of benzene rings is 2. The number of hydrogen-bond acceptors (Lipinski definition) is 6. The molecule has 0 saturated carbocycles. The first kappa shape index (κ1) is 16.2. The Kier molecular flexibility index (Phi) is 5.40. The van der Waals surface area contributed by atoms with E-state index in [1.165, 1.54) is 14.2 Å². The van der Waals surface area contributed by atoms with Gasteiger partial charge in [-0.1, -0.05) is 5.22 Å². The number of nitrogens with one attached hydrogen (secondary N) is 1. The Bertz CT molecular complexity index is 709. The lowest BCUT2D eigenvalue weighted by atomic mass is 10.2. The van der Waals surface area contributed by atoms with Crippen molar-refractivity contribution in [1.82, 2.24) is 0 Å². The van der Waals surface area contributed by atoms with Gasteiger partial charge in [0.1, 0.15) is 0 Å². The summed E-state index contributed by atoms with van der Waals surface area (Å²) in [5.74, 6) is -0.804. The van der Waals surface area contributed by atoms with Crippen LogP contribution in [0, 0.1) is 0 Å². The summed E-state index contributed by atoms with van der Waals surface area (Å²) in [7, 11) is 2.65. The van der Waals surface area contributed by atoms with Crippen molar-refractivity contribution in [3.63, 3.8) is 0 Å². The monoisotopic (exact) mass is 313 g/mol. The lowest BCUT2D eigenvalue weighted by Gasteiger charge is -2.02. The Hall–Kier alpha value is -3.22. The third-order valence-electron chi connectivity index (χ3n) is 2.94. The highest BCUT2D eigenvalue weighted by Gasteiger charge is 2.04. The van der Waals surface area contributed by atoms with Gasteiger partial charge in [-0.05, 0) is 48.5 Å². The molecule has 2 aromatic carbocycles. The topological polar surface area (TPSA) is 89.4 Å². The first-order valence-corrected chi connectivity index (χ1v) is 6.67. The first-order chi connectivity index (χ1) is 11.1. The average Bonchev–Trinajstić information content (AvgIpc) is 2.61. The highest BCUT2D eigenvalue weighted by Crippen LogP contribution is 2.15. The van der Waals surface area contributed by atoms with Crippen LogP contribution in [0.2, 0.25) is 0 Å². The summed E-state index contributed by atoms with van der Waals surface area (Å²) < 4.78 is 9.23. The molecule has 0 unspecified atom stereocenters. The number of esters is 2. The van der Waals surface area contributed by atoms with E-state index in [2.05, 4.69) is 25.2 Å². The molecular formula is C16H15N3O4. The molecule has 23 heavy (non-hydrogen) atoms. The average molecular weight is 313 g/mol. The predicted octanol–water partition coefficient (Wildman–Crippen LogP) is 3.37. The van der Waals surface area contributed by atoms with Crippen LogP contribution in [0.5, 0.6) is 0 Å². The van der Waals surface area contributed by atoms with Crippen molar-refractivity contribution in [1.29, 1.82) is 0 Å². The molecule has 0 saturated heterocycles. The van der Waals surface area contributed by atoms with E-state index in [0.717, 1.165) is 0 Å². The van der Waals surface area contributed by atoms with Gasteiger partial charge in [0.2, 0.25) is 0 Å². The van der Waals surface area contributed by atoms with Crippen LogP contribution in [-0.4, -0.2) is 26.2 Å². The van der Waals surface area contributed by atoms with E-state index in [1.54, 1.807) is 48.5 Å². The van der Waals surface area contributed by atoms with Crippen LogP contribution >= 0.6 is 0 Å². The number of ether oxygens (including phenoxy) is 2. The van der Waals surface area contributed by atoms with Gasteiger partial charge < -0.3 is 9.47 Å². The van der Waals surface area contributed by atoms with Crippen molar-refractivity contribution in [3.8, 4) is 0 Å². The molecule has 0 amide bonds. The van der Waals surface area contributed by atoms with Crippen molar-refractivity contribution in [3.05, 3.63) is 59.7 Å². The van der Waals surface area contributed by atoms with Crippen LogP contribution in [-0.2, 0) is 9.47 Å². The number of nitrogens with zero attached hydrogens (tertiary/aromatic N) is 2. The molecule has 0 spiro atoms. The van der Waals surface area contributed by atoms with Crippen LogP contribution in [0.25, 0.3) is 0 Å². The molecular weight excluding hydrogens is 298 g/mol. The molecule has 0 radical (unpaired) electrons. The lowest BCUT2D eigenvalue weighted by molar-refractivity contribution is 0.0592. The maximum absolute atomic E-state index is 11.3. The smallest absolute Gasteiger partial charge is 0.337 e. The molecule has 0 aliphatic carbocycles. The van der Waals surface area contributed by atoms with E-state index in [-0.39, 0.29) is 0 Å². The van der Waals surface area contributed by atoms with Crippen molar-refractivity contribution >= 4 is 23.3 Å². The number of rotatable bonds is 5. The molecule has 0 atom stereocenters. The van der Waals surface area contributed by atoms with Crippen molar-refractivity contribution < 1.29 is 19.1 Å². The second-order valence-electron chi connectivity index (χ2n) is 4.42. The summed E-state index contributed by atoms with van der Waals surface area (Å²) in [5, 5.41) is 7.82. The molecule has 0 aliphatic rings. The van der Waals surface area contributed by atoms with Gasteiger partial charge in [0, 0.05) is 0 Å². The van der Waals surface area contributed by atoms with Gasteiger partial charge in [-0.2, -0.15) is 0 Å². The molecule has 0 bridgehead atoms. The van der Waals surface area contributed by atoms with E-state index >= 15 is 0 Å². The SMILES string of the molecule is COC(=O)c1ccc(/N=N/Nc2ccc(C(=O)OC)cc2)cc1. The molecule has 0 aromatic heterocycles. The Labute approximate surface area is 132 Å². The third kappa shape index (κ3) is 4.37. The minimum absolute atomic E-state index is 0.399. The predicted molar refractivity (Wildman–Crippen MR) is 83.7 cm³/mol. The second-order valence-corrected chi connectivity index (χ2v) is 4.42. The summed E-state index contributed by atoms with van der Waals surface area (Å²) in [6, 6.07) is 13.1. The number of anilines is 1. The molecule has 2 aromatic rings. The molecule has 0 fully saturated rings. The Balaban J connectivity index is 1.96. The van der Waals surface area contributed by atoms with Gasteiger partial charge in [0.15, 0.2) is 0 Å². The van der Waals surface area contributed by atoms with E-state index in [0.29, 0.717) is 22.5 Å². The number of carbonyl (C=O) groups is 2. The second kappa shape index (κ2) is 7.69. The van der Waals surface area contributed by atoms with Gasteiger partial charge in [0.05, 0.1) is 36.7 Å². The van der Waals surface area contributed by atoms with Crippen molar-refractivity contribution in [2.75, 3.05) is 19.6 Å². The van der Waals surface area contributed by atoms with E-state index in [9.17, 15) is 9.59 Å². The van der Waals surface area contributed by atoms with Crippen molar-refractivity contribution in [2.24, 2.45) is 10.3 Å². The fourth-order valence-electron chi connectivity index (χ4n) is 1.72. The summed E-state index contributed by atoms with van der Waals surface area (Å²) in [6.45, 7) is 0. The molecule has 0 aliphatic heterocycles. The highest BCUT2D eigenvalue weighted by atomic mass is 16.5. The van der Waals surface area contributed by atoms with Crippen LogP contribution in [0.1, 0.15) is 20.7 Å². The van der Waals surface area contributed by atoms with Crippen molar-refractivity contribution in [2.45, 2.75) is 0 Å². The Morgan fingerprint density at radius 2 is 1.30 bits per heavy atom. The van der Waals surface area contributed by atoms with Crippen LogP contribution < -0.4 is 5.43 Å². The van der Waals surface area contributed by atoms with Gasteiger partial charge in [-0.3, -0.25) is 5.43 Å². The summed E-state index contributed by atoms with van der Waals surface area (Å²) in [4.78, 5) is 22.6. The van der Waals surface area contributed by atoms with Gasteiger partial charge in [-0.15, -0.1) is 5.11 Å². The zero-order chi connectivity index (χ0) is 16.7. The lowest BCUT2D eigenvalue weighted by Crippen LogP contribution is -2.00. The summed E-state index contributed by atoms with van der Waals surface area (Å²) in [6.07, 6.45) is 0. The minimum Gasteiger partial charge on any atom is -0.465 e. The zero-order valence-corrected chi connectivity index (χ0v) is 12.6. The first-order valence-electron chi connectivity index (χ1n) is 6.67. The molecule has 118 valence electrons. The van der Waals surface area contributed by atoms with Gasteiger partial charge >= 0.3 is 11.9 Å². The molecule has 7 heteroatoms. The fraction of sp³-hybridized carbons (Fsp3) is 0.125. The quantitative estimate of drug-likeness (QED) is 0.519. The number of carbonyl (C=O) groups excluding carboxylic acids is 2. The minimum atomic E-state index is -0.405. The Morgan fingerprint density at radius 3 is 1.78 bits per heavy atom. The molecule has 2 rings (SSSR count). The molecule has 1 N–H and O–H groups in total. The van der Waals surface area contributed by atoms with E-state index < -0.39 is 11.9 Å². The fourth-order valence-corrected chi connectivity index (χ4v) is 1.72. The van der Waals surface area contributed by atoms with Gasteiger partial charge in [0.25, 0.3) is 0 Å². The van der Waals surface area contributed by atoms with Crippen LogP contribution in [0.15, 0.2) is 58.9 Å². The van der Waals surface area contributed by atoms with Crippen LogP contribution in [0.3, 0.4) is 0 Å². The maximum Gasteiger partial charge on any atom is 0.337 e.